The smallest absolute Gasteiger partial charge is 0.107 e. The van der Waals surface area contributed by atoms with Gasteiger partial charge >= 0.3 is 0 Å². The van der Waals surface area contributed by atoms with Crippen molar-refractivity contribution in [3.8, 4) is 6.07 Å². The molecule has 2 rings (SSSR count). The average molecular weight is 268 g/mol. The molecule has 0 radical (unpaired) electrons. The van der Waals surface area contributed by atoms with E-state index < -0.39 is 0 Å². The second-order valence-corrected chi connectivity index (χ2v) is 5.97. The summed E-state index contributed by atoms with van der Waals surface area (Å²) < 4.78 is 0. The summed E-state index contributed by atoms with van der Waals surface area (Å²) in [5.41, 5.74) is 1.10. The SMILES string of the molecule is N#CC1=C(c2ccc(Cl)cc2)SCCCS1. The molecule has 0 atom stereocenters. The Hall–Kier alpha value is -0.560. The predicted octanol–water partition coefficient (Wildman–Crippen LogP) is 4.40. The van der Waals surface area contributed by atoms with Crippen molar-refractivity contribution in [2.45, 2.75) is 6.42 Å². The number of nitriles is 1. The minimum Gasteiger partial charge on any atom is -0.192 e. The number of hydrogen-bond acceptors (Lipinski definition) is 3. The van der Waals surface area contributed by atoms with Crippen LogP contribution >= 0.6 is 35.1 Å². The van der Waals surface area contributed by atoms with Crippen LogP contribution in [0.2, 0.25) is 5.02 Å². The molecule has 4 heteroatoms. The van der Waals surface area contributed by atoms with Gasteiger partial charge in [-0.1, -0.05) is 23.7 Å². The summed E-state index contributed by atoms with van der Waals surface area (Å²) in [6, 6.07) is 10.00. The highest BCUT2D eigenvalue weighted by Gasteiger charge is 2.14. The molecule has 82 valence electrons. The van der Waals surface area contributed by atoms with Crippen LogP contribution < -0.4 is 0 Å². The Balaban J connectivity index is 2.39. The molecule has 0 spiro atoms. The number of benzene rings is 1. The third-order valence-electron chi connectivity index (χ3n) is 2.20. The molecule has 1 aliphatic rings. The summed E-state index contributed by atoms with van der Waals surface area (Å²) in [4.78, 5) is 1.94. The maximum Gasteiger partial charge on any atom is 0.107 e. The van der Waals surface area contributed by atoms with Gasteiger partial charge < -0.3 is 0 Å². The quantitative estimate of drug-likeness (QED) is 0.753. The zero-order chi connectivity index (χ0) is 11.4. The van der Waals surface area contributed by atoms with E-state index in [-0.39, 0.29) is 0 Å². The molecule has 0 aromatic heterocycles. The van der Waals surface area contributed by atoms with Gasteiger partial charge in [0.15, 0.2) is 0 Å². The first-order chi connectivity index (χ1) is 7.81. The Kier molecular flexibility index (Phi) is 4.22. The maximum absolute atomic E-state index is 9.13. The molecule has 0 aliphatic carbocycles. The standard InChI is InChI=1S/C12H10ClNS2/c13-10-4-2-9(3-5-10)12-11(8-14)15-6-1-7-16-12/h2-5H,1,6-7H2. The molecule has 0 unspecified atom stereocenters. The van der Waals surface area contributed by atoms with E-state index in [9.17, 15) is 0 Å². The van der Waals surface area contributed by atoms with Crippen LogP contribution in [-0.2, 0) is 0 Å². The molecule has 0 saturated heterocycles. The van der Waals surface area contributed by atoms with Gasteiger partial charge in [0.1, 0.15) is 6.07 Å². The number of rotatable bonds is 1. The molecule has 1 heterocycles. The van der Waals surface area contributed by atoms with E-state index in [0.717, 1.165) is 38.3 Å². The number of halogens is 1. The predicted molar refractivity (Wildman–Crippen MR) is 73.5 cm³/mol. The zero-order valence-corrected chi connectivity index (χ0v) is 11.0. The van der Waals surface area contributed by atoms with Crippen LogP contribution in [0.15, 0.2) is 29.2 Å². The summed E-state index contributed by atoms with van der Waals surface area (Å²) in [7, 11) is 0. The van der Waals surface area contributed by atoms with Crippen molar-refractivity contribution in [1.82, 2.24) is 0 Å². The third-order valence-corrected chi connectivity index (χ3v) is 4.88. The van der Waals surface area contributed by atoms with Crippen LogP contribution in [0.25, 0.3) is 4.91 Å². The number of thioether (sulfide) groups is 2. The maximum atomic E-state index is 9.13. The Morgan fingerprint density at radius 2 is 1.81 bits per heavy atom. The molecule has 1 nitrogen and oxygen atoms in total. The van der Waals surface area contributed by atoms with Gasteiger partial charge in [0.05, 0.1) is 4.91 Å². The van der Waals surface area contributed by atoms with E-state index in [1.165, 1.54) is 0 Å². The van der Waals surface area contributed by atoms with E-state index in [2.05, 4.69) is 6.07 Å². The largest absolute Gasteiger partial charge is 0.192 e. The molecule has 0 fully saturated rings. The fourth-order valence-electron chi connectivity index (χ4n) is 1.44. The van der Waals surface area contributed by atoms with Crippen molar-refractivity contribution in [1.29, 1.82) is 5.26 Å². The van der Waals surface area contributed by atoms with Gasteiger partial charge in [-0.3, -0.25) is 0 Å². The normalized spacial score (nSPS) is 16.8. The minimum absolute atomic E-state index is 0.731. The Bertz CT molecular complexity index is 445. The van der Waals surface area contributed by atoms with Crippen LogP contribution in [0.5, 0.6) is 0 Å². The van der Waals surface area contributed by atoms with Crippen molar-refractivity contribution in [3.05, 3.63) is 39.8 Å². The van der Waals surface area contributed by atoms with Crippen LogP contribution in [0.4, 0.5) is 0 Å². The van der Waals surface area contributed by atoms with Crippen molar-refractivity contribution < 1.29 is 0 Å². The molecule has 1 aliphatic heterocycles. The van der Waals surface area contributed by atoms with Gasteiger partial charge in [-0.2, -0.15) is 5.26 Å². The summed E-state index contributed by atoms with van der Waals surface area (Å²) in [6.45, 7) is 0. The second kappa shape index (κ2) is 5.67. The monoisotopic (exact) mass is 267 g/mol. The first kappa shape index (κ1) is 11.9. The van der Waals surface area contributed by atoms with Gasteiger partial charge in [0.25, 0.3) is 0 Å². The summed E-state index contributed by atoms with van der Waals surface area (Å²) in [6.07, 6.45) is 1.15. The summed E-state index contributed by atoms with van der Waals surface area (Å²) >= 11 is 9.28. The van der Waals surface area contributed by atoms with Crippen LogP contribution in [-0.4, -0.2) is 11.5 Å². The van der Waals surface area contributed by atoms with E-state index in [4.69, 9.17) is 16.9 Å². The molecule has 0 bridgehead atoms. The lowest BCUT2D eigenvalue weighted by atomic mass is 10.2. The number of hydrogen-bond donors (Lipinski definition) is 0. The minimum atomic E-state index is 0.731. The topological polar surface area (TPSA) is 23.8 Å². The van der Waals surface area contributed by atoms with E-state index in [1.54, 1.807) is 23.5 Å². The highest BCUT2D eigenvalue weighted by atomic mass is 35.5. The lowest BCUT2D eigenvalue weighted by Gasteiger charge is -2.06. The number of allylic oxidation sites excluding steroid dienone is 1. The Labute approximate surface area is 109 Å². The zero-order valence-electron chi connectivity index (χ0n) is 8.57. The molecular weight excluding hydrogens is 258 g/mol. The first-order valence-electron chi connectivity index (χ1n) is 4.97. The lowest BCUT2D eigenvalue weighted by Crippen LogP contribution is -1.83. The van der Waals surface area contributed by atoms with Gasteiger partial charge in [0.2, 0.25) is 0 Å². The van der Waals surface area contributed by atoms with Crippen molar-refractivity contribution in [2.75, 3.05) is 11.5 Å². The van der Waals surface area contributed by atoms with Crippen molar-refractivity contribution >= 4 is 40.0 Å². The van der Waals surface area contributed by atoms with E-state index in [1.807, 2.05) is 24.3 Å². The molecule has 1 aromatic carbocycles. The van der Waals surface area contributed by atoms with Gasteiger partial charge in [-0.05, 0) is 35.6 Å². The first-order valence-corrected chi connectivity index (χ1v) is 7.32. The molecule has 16 heavy (non-hydrogen) atoms. The Morgan fingerprint density at radius 3 is 2.50 bits per heavy atom. The molecule has 0 saturated carbocycles. The molecule has 0 amide bonds. The molecule has 0 N–H and O–H groups in total. The fourth-order valence-corrected chi connectivity index (χ4v) is 3.88. The van der Waals surface area contributed by atoms with E-state index in [0.29, 0.717) is 0 Å². The van der Waals surface area contributed by atoms with Gasteiger partial charge in [0, 0.05) is 9.93 Å². The summed E-state index contributed by atoms with van der Waals surface area (Å²) in [5, 5.41) is 9.86. The Morgan fingerprint density at radius 1 is 1.12 bits per heavy atom. The van der Waals surface area contributed by atoms with Crippen LogP contribution in [0.3, 0.4) is 0 Å². The van der Waals surface area contributed by atoms with Gasteiger partial charge in [-0.25, -0.2) is 0 Å². The van der Waals surface area contributed by atoms with Gasteiger partial charge in [-0.15, -0.1) is 23.5 Å². The average Bonchev–Trinajstić information content (AvgIpc) is 2.55. The second-order valence-electron chi connectivity index (χ2n) is 3.33. The fraction of sp³-hybridized carbons (Fsp3) is 0.250. The molecule has 1 aromatic rings. The van der Waals surface area contributed by atoms with Crippen LogP contribution in [0, 0.1) is 11.3 Å². The highest BCUT2D eigenvalue weighted by Crippen LogP contribution is 2.39. The third kappa shape index (κ3) is 2.76. The number of nitrogens with zero attached hydrogens (tertiary/aromatic N) is 1. The van der Waals surface area contributed by atoms with Crippen molar-refractivity contribution in [2.24, 2.45) is 0 Å². The van der Waals surface area contributed by atoms with Crippen molar-refractivity contribution in [3.63, 3.8) is 0 Å². The van der Waals surface area contributed by atoms with Crippen LogP contribution in [0.1, 0.15) is 12.0 Å². The molecular formula is C12H10ClNS2. The lowest BCUT2D eigenvalue weighted by molar-refractivity contribution is 1.13. The summed E-state index contributed by atoms with van der Waals surface area (Å²) in [5.74, 6) is 2.11. The highest BCUT2D eigenvalue weighted by molar-refractivity contribution is 8.11. The van der Waals surface area contributed by atoms with E-state index >= 15 is 0 Å².